The summed E-state index contributed by atoms with van der Waals surface area (Å²) in [5, 5.41) is 0. The van der Waals surface area contributed by atoms with Crippen LogP contribution < -0.4 is 29.6 Å². The summed E-state index contributed by atoms with van der Waals surface area (Å²) in [5.74, 6) is 0. The monoisotopic (exact) mass is 194 g/mol. The van der Waals surface area contributed by atoms with Crippen LogP contribution in [-0.4, -0.2) is 54.4 Å². The Morgan fingerprint density at radius 2 is 1.00 bits per heavy atom. The molecule has 0 aromatic heterocycles. The van der Waals surface area contributed by atoms with E-state index in [1.165, 1.54) is 0 Å². The third-order valence-electron chi connectivity index (χ3n) is 0. The van der Waals surface area contributed by atoms with Crippen molar-refractivity contribution in [3.05, 3.63) is 0 Å². The predicted molar refractivity (Wildman–Crippen MR) is 8.38 cm³/mol. The van der Waals surface area contributed by atoms with Gasteiger partial charge in [0.25, 0.3) is 0 Å². The maximum atomic E-state index is 0. The number of hydrogen-bond donors (Lipinski definition) is 0. The summed E-state index contributed by atoms with van der Waals surface area (Å²) in [6.07, 6.45) is 0. The molecule has 0 aliphatic carbocycles. The minimum atomic E-state index is 0. The van der Waals surface area contributed by atoms with Crippen LogP contribution in [-0.2, 0) is 5.48 Å². The Kier molecular flexibility index (Phi) is 141. The average molecular weight is 193 g/mol. The van der Waals surface area contributed by atoms with E-state index in [4.69, 9.17) is 0 Å². The maximum Gasteiger partial charge on any atom is 2.00 e. The first-order valence-corrected chi connectivity index (χ1v) is 0. The zero-order valence-corrected chi connectivity index (χ0v) is 9.00. The van der Waals surface area contributed by atoms with Crippen molar-refractivity contribution in [2.45, 2.75) is 0 Å². The molecule has 0 radical (unpaired) electrons. The first-order valence-electron chi connectivity index (χ1n) is 0. The van der Waals surface area contributed by atoms with Crippen molar-refractivity contribution in [2.24, 2.45) is 0 Å². The van der Waals surface area contributed by atoms with Crippen LogP contribution in [0.1, 0.15) is 0 Å². The van der Waals surface area contributed by atoms with E-state index in [-0.39, 0.29) is 89.4 Å². The van der Waals surface area contributed by atoms with Crippen LogP contribution >= 0.6 is 0 Å². The second kappa shape index (κ2) is 17.8. The standard InChI is InChI=1S/Ba.Na.H2O.O/h;;1H2;/q+2;+1;;-2/p-1. The minimum Gasteiger partial charge on any atom is -2.00 e. The fraction of sp³-hybridized carbons (Fsp3) is 0. The molecule has 0 saturated carbocycles. The van der Waals surface area contributed by atoms with Crippen LogP contribution in [0.5, 0.6) is 0 Å². The van der Waals surface area contributed by atoms with Gasteiger partial charge in [-0.15, -0.1) is 0 Å². The molecule has 4 heavy (non-hydrogen) atoms. The van der Waals surface area contributed by atoms with Crippen LogP contribution in [0.3, 0.4) is 0 Å². The molecular formula is HBaNaO2. The van der Waals surface area contributed by atoms with Crippen molar-refractivity contribution in [2.75, 3.05) is 0 Å². The molecule has 0 atom stereocenters. The summed E-state index contributed by atoms with van der Waals surface area (Å²) in [7, 11) is 0. The fourth-order valence-electron chi connectivity index (χ4n) is 0. The summed E-state index contributed by atoms with van der Waals surface area (Å²) in [6.45, 7) is 0. The fourth-order valence-corrected chi connectivity index (χ4v) is 0. The summed E-state index contributed by atoms with van der Waals surface area (Å²) < 4.78 is 0. The Labute approximate surface area is 87.3 Å². The van der Waals surface area contributed by atoms with Gasteiger partial charge >= 0.3 is 78.4 Å². The Balaban J connectivity index is 0. The van der Waals surface area contributed by atoms with Crippen LogP contribution in [0, 0.1) is 0 Å². The molecule has 0 aromatic rings. The number of rotatable bonds is 0. The van der Waals surface area contributed by atoms with Crippen molar-refractivity contribution < 1.29 is 40.5 Å². The van der Waals surface area contributed by atoms with Gasteiger partial charge in [0, 0.05) is 0 Å². The second-order valence-corrected chi connectivity index (χ2v) is 0. The van der Waals surface area contributed by atoms with Crippen molar-refractivity contribution in [3.63, 3.8) is 0 Å². The van der Waals surface area contributed by atoms with Crippen LogP contribution in [0.15, 0.2) is 0 Å². The van der Waals surface area contributed by atoms with Crippen molar-refractivity contribution in [3.8, 4) is 0 Å². The van der Waals surface area contributed by atoms with Gasteiger partial charge in [-0.05, 0) is 0 Å². The van der Waals surface area contributed by atoms with Crippen LogP contribution in [0.25, 0.3) is 0 Å². The van der Waals surface area contributed by atoms with Gasteiger partial charge < -0.3 is 11.0 Å². The molecule has 0 amide bonds. The smallest absolute Gasteiger partial charge is 2.00 e. The van der Waals surface area contributed by atoms with Crippen LogP contribution in [0.4, 0.5) is 0 Å². The van der Waals surface area contributed by atoms with Crippen LogP contribution in [0.2, 0.25) is 0 Å². The van der Waals surface area contributed by atoms with E-state index in [1.807, 2.05) is 0 Å². The molecule has 0 rings (SSSR count). The molecule has 16 valence electrons. The van der Waals surface area contributed by atoms with E-state index < -0.39 is 0 Å². The molecule has 0 saturated heterocycles. The van der Waals surface area contributed by atoms with E-state index in [9.17, 15) is 0 Å². The maximum absolute atomic E-state index is 0. The topological polar surface area (TPSA) is 58.5 Å². The molecule has 0 bridgehead atoms. The first-order chi connectivity index (χ1) is 0. The molecular weight excluding hydrogens is 192 g/mol. The predicted octanol–water partition coefficient (Wildman–Crippen LogP) is -3.67. The van der Waals surface area contributed by atoms with Gasteiger partial charge in [0.1, 0.15) is 0 Å². The van der Waals surface area contributed by atoms with Crippen molar-refractivity contribution in [1.82, 2.24) is 0 Å². The quantitative estimate of drug-likeness (QED) is 0.366. The Bertz CT molecular complexity index is 6.00. The zero-order chi connectivity index (χ0) is 0. The average Bonchev–Trinajstić information content (AvgIpc) is 0. The van der Waals surface area contributed by atoms with E-state index in [0.29, 0.717) is 0 Å². The summed E-state index contributed by atoms with van der Waals surface area (Å²) >= 11 is 0. The number of hydrogen-bond acceptors (Lipinski definition) is 1. The van der Waals surface area contributed by atoms with Gasteiger partial charge in [0.15, 0.2) is 0 Å². The molecule has 0 unspecified atom stereocenters. The van der Waals surface area contributed by atoms with E-state index in [1.54, 1.807) is 0 Å². The van der Waals surface area contributed by atoms with Gasteiger partial charge in [-0.3, -0.25) is 0 Å². The van der Waals surface area contributed by atoms with E-state index >= 15 is 0 Å². The Morgan fingerprint density at radius 3 is 1.00 bits per heavy atom. The van der Waals surface area contributed by atoms with Crippen molar-refractivity contribution >= 4 is 48.9 Å². The molecule has 0 heterocycles. The normalized spacial score (nSPS) is 0. The Hall–Kier alpha value is 2.49. The third-order valence-corrected chi connectivity index (χ3v) is 0. The molecule has 0 spiro atoms. The van der Waals surface area contributed by atoms with Gasteiger partial charge in [0.2, 0.25) is 0 Å². The second-order valence-electron chi connectivity index (χ2n) is 0. The van der Waals surface area contributed by atoms with E-state index in [0.717, 1.165) is 0 Å². The zero-order valence-electron chi connectivity index (χ0n) is 2.56. The largest absolute Gasteiger partial charge is 2.00 e. The van der Waals surface area contributed by atoms with Crippen molar-refractivity contribution in [1.29, 1.82) is 0 Å². The van der Waals surface area contributed by atoms with Gasteiger partial charge in [-0.25, -0.2) is 0 Å². The molecule has 2 nitrogen and oxygen atoms in total. The van der Waals surface area contributed by atoms with Gasteiger partial charge in [-0.2, -0.15) is 0 Å². The Morgan fingerprint density at radius 1 is 1.00 bits per heavy atom. The molecule has 0 aromatic carbocycles. The minimum absolute atomic E-state index is 0. The van der Waals surface area contributed by atoms with Gasteiger partial charge in [0.05, 0.1) is 0 Å². The SMILES string of the molecule is [Ba+2].[Na+].[O-2].[OH-]. The van der Waals surface area contributed by atoms with E-state index in [2.05, 4.69) is 0 Å². The molecule has 4 heteroatoms. The first kappa shape index (κ1) is 31.5. The molecule has 1 N–H and O–H groups in total. The molecule has 0 aliphatic rings. The third kappa shape index (κ3) is 8.82. The summed E-state index contributed by atoms with van der Waals surface area (Å²) in [4.78, 5) is 0. The summed E-state index contributed by atoms with van der Waals surface area (Å²) in [5.41, 5.74) is 0. The summed E-state index contributed by atoms with van der Waals surface area (Å²) in [6, 6.07) is 0. The van der Waals surface area contributed by atoms with Gasteiger partial charge in [-0.1, -0.05) is 0 Å². The molecule has 0 aliphatic heterocycles. The molecule has 0 fully saturated rings.